The van der Waals surface area contributed by atoms with Gasteiger partial charge in [-0.1, -0.05) is 5.21 Å². The van der Waals surface area contributed by atoms with E-state index in [4.69, 9.17) is 4.74 Å². The highest BCUT2D eigenvalue weighted by Gasteiger charge is 2.20. The molecule has 1 fully saturated rings. The van der Waals surface area contributed by atoms with E-state index in [-0.39, 0.29) is 5.78 Å². The highest BCUT2D eigenvalue weighted by atomic mass is 16.5. The summed E-state index contributed by atoms with van der Waals surface area (Å²) in [6, 6.07) is 3.93. The Kier molecular flexibility index (Phi) is 5.40. The molecule has 0 aliphatic carbocycles. The monoisotopic (exact) mass is 380 g/mol. The van der Waals surface area contributed by atoms with Gasteiger partial charge in [-0.3, -0.25) is 24.3 Å². The number of aromatic nitrogens is 5. The number of pyridine rings is 2. The third-order valence-electron chi connectivity index (χ3n) is 5.17. The van der Waals surface area contributed by atoms with Crippen molar-refractivity contribution in [1.82, 2.24) is 29.9 Å². The molecule has 0 bridgehead atoms. The number of Topliss-reactive ketones (excluding diaryl/α,β-unsaturated/α-hetero) is 1. The Labute approximate surface area is 163 Å². The van der Waals surface area contributed by atoms with Crippen molar-refractivity contribution in [3.05, 3.63) is 36.4 Å². The summed E-state index contributed by atoms with van der Waals surface area (Å²) in [6.07, 6.45) is 8.00. The van der Waals surface area contributed by atoms with E-state index in [1.54, 1.807) is 24.2 Å². The van der Waals surface area contributed by atoms with E-state index in [9.17, 15) is 4.79 Å². The summed E-state index contributed by atoms with van der Waals surface area (Å²) in [6.45, 7) is 2.28. The lowest BCUT2D eigenvalue weighted by molar-refractivity contribution is -0.120. The van der Waals surface area contributed by atoms with Crippen LogP contribution < -0.4 is 0 Å². The maximum atomic E-state index is 12.5. The standard InChI is InChI=1S/C20H24N6O2/c1-25-13-20(23-24-25)19-8-14-7-16(21-10-15(14)11-22-19)9-17(27)12-26-5-3-18(28-2)4-6-26/h7-8,10-11,13,18H,3-6,9,12H2,1-2H3. The summed E-state index contributed by atoms with van der Waals surface area (Å²) in [4.78, 5) is 23.6. The fourth-order valence-corrected chi connectivity index (χ4v) is 3.60. The zero-order chi connectivity index (χ0) is 19.5. The SMILES string of the molecule is COC1CCN(CC(=O)Cc2cc3cc(-c4cn(C)nn4)ncc3cn2)CC1. The maximum Gasteiger partial charge on any atom is 0.152 e. The van der Waals surface area contributed by atoms with Crippen molar-refractivity contribution in [2.45, 2.75) is 25.4 Å². The lowest BCUT2D eigenvalue weighted by Crippen LogP contribution is -2.39. The van der Waals surface area contributed by atoms with Crippen LogP contribution in [0.3, 0.4) is 0 Å². The van der Waals surface area contributed by atoms with Crippen molar-refractivity contribution in [3.8, 4) is 11.4 Å². The van der Waals surface area contributed by atoms with Crippen LogP contribution in [0.1, 0.15) is 18.5 Å². The summed E-state index contributed by atoms with van der Waals surface area (Å²) < 4.78 is 7.03. The van der Waals surface area contributed by atoms with Crippen LogP contribution in [0.15, 0.2) is 30.7 Å². The van der Waals surface area contributed by atoms with Crippen LogP contribution in [0.5, 0.6) is 0 Å². The minimum absolute atomic E-state index is 0.186. The first-order valence-electron chi connectivity index (χ1n) is 9.49. The average molecular weight is 380 g/mol. The number of fused-ring (bicyclic) bond motifs is 1. The topological polar surface area (TPSA) is 86.0 Å². The van der Waals surface area contributed by atoms with Crippen molar-refractivity contribution < 1.29 is 9.53 Å². The molecule has 4 heterocycles. The summed E-state index contributed by atoms with van der Waals surface area (Å²) in [7, 11) is 3.57. The van der Waals surface area contributed by atoms with E-state index in [0.717, 1.165) is 53.8 Å². The zero-order valence-electron chi connectivity index (χ0n) is 16.2. The second kappa shape index (κ2) is 8.12. The molecule has 0 N–H and O–H groups in total. The van der Waals surface area contributed by atoms with Crippen molar-refractivity contribution in [3.63, 3.8) is 0 Å². The summed E-state index contributed by atoms with van der Waals surface area (Å²) in [5.41, 5.74) is 2.25. The van der Waals surface area contributed by atoms with Crippen molar-refractivity contribution >= 4 is 16.6 Å². The molecule has 0 saturated carbocycles. The Morgan fingerprint density at radius 2 is 1.93 bits per heavy atom. The fraction of sp³-hybridized carbons (Fsp3) is 0.450. The lowest BCUT2D eigenvalue weighted by atomic mass is 10.1. The van der Waals surface area contributed by atoms with Crippen LogP contribution in [-0.2, 0) is 23.0 Å². The van der Waals surface area contributed by atoms with Gasteiger partial charge in [0, 0.05) is 50.7 Å². The van der Waals surface area contributed by atoms with E-state index >= 15 is 0 Å². The van der Waals surface area contributed by atoms with Crippen LogP contribution in [0.2, 0.25) is 0 Å². The third kappa shape index (κ3) is 4.23. The smallest absolute Gasteiger partial charge is 0.152 e. The predicted molar refractivity (Wildman–Crippen MR) is 105 cm³/mol. The minimum Gasteiger partial charge on any atom is -0.381 e. The number of carbonyl (C=O) groups is 1. The van der Waals surface area contributed by atoms with Crippen LogP contribution in [0, 0.1) is 0 Å². The van der Waals surface area contributed by atoms with Crippen LogP contribution in [0.25, 0.3) is 22.2 Å². The van der Waals surface area contributed by atoms with E-state index < -0.39 is 0 Å². The minimum atomic E-state index is 0.186. The number of nitrogens with zero attached hydrogens (tertiary/aromatic N) is 6. The molecule has 0 radical (unpaired) electrons. The summed E-state index contributed by atoms with van der Waals surface area (Å²) in [5.74, 6) is 0.186. The summed E-state index contributed by atoms with van der Waals surface area (Å²) >= 11 is 0. The van der Waals surface area contributed by atoms with E-state index in [1.165, 1.54) is 0 Å². The van der Waals surface area contributed by atoms with Gasteiger partial charge in [-0.2, -0.15) is 0 Å². The Morgan fingerprint density at radius 1 is 1.14 bits per heavy atom. The van der Waals surface area contributed by atoms with Crippen molar-refractivity contribution in [2.75, 3.05) is 26.7 Å². The molecule has 1 aliphatic heterocycles. The Bertz CT molecular complexity index is 978. The van der Waals surface area contributed by atoms with Gasteiger partial charge in [0.2, 0.25) is 0 Å². The van der Waals surface area contributed by atoms with Crippen LogP contribution in [0.4, 0.5) is 0 Å². The zero-order valence-corrected chi connectivity index (χ0v) is 16.2. The average Bonchev–Trinajstić information content (AvgIpc) is 3.14. The van der Waals surface area contributed by atoms with Gasteiger partial charge in [-0.15, -0.1) is 5.10 Å². The number of rotatable bonds is 6. The van der Waals surface area contributed by atoms with Gasteiger partial charge in [-0.25, -0.2) is 0 Å². The normalized spacial score (nSPS) is 15.9. The number of methoxy groups -OCH3 is 1. The molecule has 1 saturated heterocycles. The number of hydrogen-bond donors (Lipinski definition) is 0. The molecule has 3 aromatic rings. The molecule has 1 aliphatic rings. The molecule has 3 aromatic heterocycles. The number of likely N-dealkylation sites (tertiary alicyclic amines) is 1. The largest absolute Gasteiger partial charge is 0.381 e. The molecule has 28 heavy (non-hydrogen) atoms. The number of ketones is 1. The lowest BCUT2D eigenvalue weighted by Gasteiger charge is -2.30. The van der Waals surface area contributed by atoms with Crippen molar-refractivity contribution in [1.29, 1.82) is 0 Å². The van der Waals surface area contributed by atoms with Gasteiger partial charge < -0.3 is 4.74 Å². The number of hydrogen-bond acceptors (Lipinski definition) is 7. The Morgan fingerprint density at radius 3 is 2.64 bits per heavy atom. The summed E-state index contributed by atoms with van der Waals surface area (Å²) in [5, 5.41) is 9.99. The number of piperidine rings is 1. The number of aryl methyl sites for hydroxylation is 1. The van der Waals surface area contributed by atoms with E-state index in [0.29, 0.717) is 19.1 Å². The second-order valence-corrected chi connectivity index (χ2v) is 7.30. The molecule has 8 heteroatoms. The Hall–Kier alpha value is -2.71. The van der Waals surface area contributed by atoms with Crippen LogP contribution >= 0.6 is 0 Å². The highest BCUT2D eigenvalue weighted by Crippen LogP contribution is 2.20. The molecule has 4 rings (SSSR count). The van der Waals surface area contributed by atoms with Crippen LogP contribution in [-0.4, -0.2) is 68.5 Å². The molecule has 0 unspecified atom stereocenters. The van der Waals surface area contributed by atoms with Gasteiger partial charge in [0.1, 0.15) is 5.69 Å². The molecular weight excluding hydrogens is 356 g/mol. The molecule has 8 nitrogen and oxygen atoms in total. The molecule has 0 amide bonds. The predicted octanol–water partition coefficient (Wildman–Crippen LogP) is 1.65. The van der Waals surface area contributed by atoms with E-state index in [2.05, 4.69) is 25.2 Å². The van der Waals surface area contributed by atoms with Gasteiger partial charge in [0.05, 0.1) is 31.0 Å². The van der Waals surface area contributed by atoms with Crippen molar-refractivity contribution in [2.24, 2.45) is 7.05 Å². The van der Waals surface area contributed by atoms with E-state index in [1.807, 2.05) is 25.4 Å². The fourth-order valence-electron chi connectivity index (χ4n) is 3.60. The quantitative estimate of drug-likeness (QED) is 0.643. The Balaban J connectivity index is 1.44. The maximum absolute atomic E-state index is 12.5. The molecule has 0 spiro atoms. The van der Waals surface area contributed by atoms with Gasteiger partial charge in [0.15, 0.2) is 5.78 Å². The molecule has 0 aromatic carbocycles. The van der Waals surface area contributed by atoms with Gasteiger partial charge >= 0.3 is 0 Å². The first-order valence-corrected chi connectivity index (χ1v) is 9.49. The molecule has 0 atom stereocenters. The molecule has 146 valence electrons. The van der Waals surface area contributed by atoms with Gasteiger partial charge in [-0.05, 0) is 30.4 Å². The molecular formula is C20H24N6O2. The first-order chi connectivity index (χ1) is 13.6. The number of carbonyl (C=O) groups excluding carboxylic acids is 1. The van der Waals surface area contributed by atoms with Gasteiger partial charge in [0.25, 0.3) is 0 Å². The second-order valence-electron chi connectivity index (χ2n) is 7.30. The highest BCUT2D eigenvalue weighted by molar-refractivity contribution is 5.87. The first kappa shape index (κ1) is 18.6. The third-order valence-corrected chi connectivity index (χ3v) is 5.17. The number of ether oxygens (including phenoxy) is 1.